The highest BCUT2D eigenvalue weighted by Crippen LogP contribution is 2.31. The van der Waals surface area contributed by atoms with Crippen LogP contribution in [0.2, 0.25) is 0 Å². The van der Waals surface area contributed by atoms with Crippen molar-refractivity contribution in [2.45, 2.75) is 89.3 Å². The van der Waals surface area contributed by atoms with Crippen molar-refractivity contribution in [1.82, 2.24) is 19.4 Å². The average molecular weight is 669 g/mol. The Morgan fingerprint density at radius 3 is 2.53 bits per heavy atom. The first kappa shape index (κ1) is 34.6. The van der Waals surface area contributed by atoms with E-state index in [1.165, 1.54) is 6.26 Å². The molecule has 256 valence electrons. The molecule has 0 unspecified atom stereocenters. The van der Waals surface area contributed by atoms with E-state index in [4.69, 9.17) is 20.2 Å². The van der Waals surface area contributed by atoms with Crippen LogP contribution < -0.4 is 15.8 Å². The van der Waals surface area contributed by atoms with Crippen molar-refractivity contribution in [3.8, 4) is 11.6 Å². The maximum atomic E-state index is 13.3. The number of likely N-dealkylation sites (tertiary alicyclic amines) is 1. The number of ether oxygens (including phenoxy) is 2. The second-order valence-electron chi connectivity index (χ2n) is 13.2. The van der Waals surface area contributed by atoms with Crippen LogP contribution in [0, 0.1) is 5.92 Å². The molecule has 2 aliphatic rings. The zero-order chi connectivity index (χ0) is 33.6. The molecule has 1 aromatic carbocycles. The number of sulfone groups is 1. The molecular weight excluding hydrogens is 620 g/mol. The van der Waals surface area contributed by atoms with Crippen LogP contribution in [0.25, 0.3) is 16.7 Å². The van der Waals surface area contributed by atoms with Gasteiger partial charge in [-0.1, -0.05) is 19.4 Å². The molecule has 47 heavy (non-hydrogen) atoms. The normalized spacial score (nSPS) is 20.5. The van der Waals surface area contributed by atoms with Crippen LogP contribution in [0.15, 0.2) is 42.7 Å². The van der Waals surface area contributed by atoms with Crippen LogP contribution in [0.1, 0.15) is 71.6 Å². The van der Waals surface area contributed by atoms with Crippen LogP contribution >= 0.6 is 0 Å². The Morgan fingerprint density at radius 2 is 1.83 bits per heavy atom. The topological polar surface area (TPSA) is 159 Å². The summed E-state index contributed by atoms with van der Waals surface area (Å²) in [4.78, 5) is 37.0. The van der Waals surface area contributed by atoms with E-state index in [9.17, 15) is 18.0 Å². The van der Waals surface area contributed by atoms with Gasteiger partial charge in [0.05, 0.1) is 17.9 Å². The molecule has 1 amide bonds. The lowest BCUT2D eigenvalue weighted by Crippen LogP contribution is -2.49. The molecule has 1 saturated carbocycles. The summed E-state index contributed by atoms with van der Waals surface area (Å²) in [6, 6.07) is 9.76. The molecule has 5 rings (SSSR count). The molecule has 2 fully saturated rings. The Labute approximate surface area is 277 Å². The molecule has 12 nitrogen and oxygen atoms in total. The van der Waals surface area contributed by atoms with E-state index >= 15 is 0 Å². The fraction of sp³-hybridized carbons (Fsp3) is 0.588. The summed E-state index contributed by atoms with van der Waals surface area (Å²) in [5.41, 5.74) is 6.08. The van der Waals surface area contributed by atoms with Crippen molar-refractivity contribution in [3.05, 3.63) is 42.7 Å². The van der Waals surface area contributed by atoms with Gasteiger partial charge in [-0.3, -0.25) is 9.59 Å². The molecular formula is C34H48N6O6S. The van der Waals surface area contributed by atoms with Gasteiger partial charge < -0.3 is 30.0 Å². The zero-order valence-corrected chi connectivity index (χ0v) is 28.5. The monoisotopic (exact) mass is 668 g/mol. The number of benzene rings is 1. The summed E-state index contributed by atoms with van der Waals surface area (Å²) in [5.74, 6) is 1.87. The molecule has 1 atom stereocenters. The van der Waals surface area contributed by atoms with Gasteiger partial charge in [0.2, 0.25) is 11.9 Å². The predicted octanol–water partition coefficient (Wildman–Crippen LogP) is 4.26. The Balaban J connectivity index is 1.11. The number of anilines is 1. The van der Waals surface area contributed by atoms with Gasteiger partial charge >= 0.3 is 5.97 Å². The number of rotatable bonds is 13. The number of hydrogen-bond acceptors (Lipinski definition) is 10. The summed E-state index contributed by atoms with van der Waals surface area (Å²) in [6.45, 7) is 5.21. The van der Waals surface area contributed by atoms with Gasteiger partial charge in [-0.05, 0) is 69.7 Å². The van der Waals surface area contributed by atoms with E-state index in [1.54, 1.807) is 13.1 Å². The smallest absolute Gasteiger partial charge is 0.326 e. The van der Waals surface area contributed by atoms with Gasteiger partial charge in [-0.2, -0.15) is 4.98 Å². The second-order valence-corrected chi connectivity index (χ2v) is 15.5. The van der Waals surface area contributed by atoms with Crippen LogP contribution in [0.4, 0.5) is 5.95 Å². The fourth-order valence-corrected chi connectivity index (χ4v) is 7.19. The quantitative estimate of drug-likeness (QED) is 0.199. The lowest BCUT2D eigenvalue weighted by Gasteiger charge is -2.37. The molecule has 3 N–H and O–H groups in total. The zero-order valence-electron chi connectivity index (χ0n) is 27.7. The molecule has 0 radical (unpaired) electrons. The van der Waals surface area contributed by atoms with Crippen LogP contribution in [0.3, 0.4) is 0 Å². The summed E-state index contributed by atoms with van der Waals surface area (Å²) >= 11 is 0. The molecule has 1 aliphatic carbocycles. The highest BCUT2D eigenvalue weighted by Gasteiger charge is 2.35. The van der Waals surface area contributed by atoms with E-state index in [2.05, 4.69) is 10.3 Å². The highest BCUT2D eigenvalue weighted by molar-refractivity contribution is 7.90. The van der Waals surface area contributed by atoms with Crippen molar-refractivity contribution >= 4 is 38.6 Å². The molecule has 0 spiro atoms. The van der Waals surface area contributed by atoms with Crippen molar-refractivity contribution in [3.63, 3.8) is 0 Å². The molecule has 3 heterocycles. The third-order valence-corrected chi connectivity index (χ3v) is 10.2. The van der Waals surface area contributed by atoms with Gasteiger partial charge in [0.15, 0.2) is 0 Å². The maximum Gasteiger partial charge on any atom is 0.326 e. The number of esters is 1. The van der Waals surface area contributed by atoms with Crippen molar-refractivity contribution in [1.29, 1.82) is 0 Å². The van der Waals surface area contributed by atoms with E-state index in [0.29, 0.717) is 62.9 Å². The Morgan fingerprint density at radius 1 is 1.09 bits per heavy atom. The largest absolute Gasteiger partial charge is 0.493 e. The minimum Gasteiger partial charge on any atom is -0.493 e. The number of hydrogen-bond donors (Lipinski definition) is 2. The van der Waals surface area contributed by atoms with Gasteiger partial charge in [0.1, 0.15) is 33.0 Å². The highest BCUT2D eigenvalue weighted by atomic mass is 32.2. The number of carbonyl (C=O) groups is 2. The van der Waals surface area contributed by atoms with E-state index in [0.717, 1.165) is 43.0 Å². The predicted molar refractivity (Wildman–Crippen MR) is 181 cm³/mol. The number of amides is 1. The standard InChI is InChI=1S/C34H48N6O6S/c1-4-17-34(2,35)32(42)46-26-14-19-39(20-15-26)31(41)24-9-11-25(12-10-24)37-33-36-18-13-30(38-33)40-21-16-27-28(40)7-5-8-29(27)45-22-6-23-47(3,43)44/h5,7-8,13,16,18,21,24-26H,4,6,9-12,14-15,17,19-20,22-23,35H2,1-3H3,(H,36,37,38)/t24?,25?,34-/m0/s1. The number of piperidine rings is 1. The number of aromatic nitrogens is 3. The maximum absolute atomic E-state index is 13.3. The summed E-state index contributed by atoms with van der Waals surface area (Å²) in [6.07, 6.45) is 11.1. The molecule has 0 bridgehead atoms. The third-order valence-electron chi connectivity index (χ3n) is 9.17. The first-order chi connectivity index (χ1) is 22.4. The molecule has 3 aromatic rings. The third kappa shape index (κ3) is 9.01. The van der Waals surface area contributed by atoms with E-state index in [-0.39, 0.29) is 35.7 Å². The van der Waals surface area contributed by atoms with E-state index in [1.807, 2.05) is 52.9 Å². The van der Waals surface area contributed by atoms with Crippen molar-refractivity contribution < 1.29 is 27.5 Å². The first-order valence-corrected chi connectivity index (χ1v) is 18.8. The van der Waals surface area contributed by atoms with Crippen LogP contribution in [0.5, 0.6) is 5.75 Å². The molecule has 1 saturated heterocycles. The minimum absolute atomic E-state index is 0.00896. The number of nitrogens with zero attached hydrogens (tertiary/aromatic N) is 4. The summed E-state index contributed by atoms with van der Waals surface area (Å²) in [5, 5.41) is 4.40. The summed E-state index contributed by atoms with van der Waals surface area (Å²) < 4.78 is 36.5. The average Bonchev–Trinajstić information content (AvgIpc) is 3.48. The SMILES string of the molecule is CCC[C@](C)(N)C(=O)OC1CCN(C(=O)C2CCC(Nc3nccc(-n4ccc5c(OCCCS(C)(=O)=O)cccc54)n3)CC2)CC1. The Hall–Kier alpha value is -3.71. The van der Waals surface area contributed by atoms with Gasteiger partial charge in [-0.25, -0.2) is 13.4 Å². The number of nitrogens with two attached hydrogens (primary N) is 1. The fourth-order valence-electron chi connectivity index (χ4n) is 6.55. The van der Waals surface area contributed by atoms with Crippen molar-refractivity contribution in [2.75, 3.05) is 37.0 Å². The Bertz CT molecular complexity index is 1640. The second kappa shape index (κ2) is 15.0. The molecule has 13 heteroatoms. The lowest BCUT2D eigenvalue weighted by atomic mass is 9.85. The van der Waals surface area contributed by atoms with Gasteiger partial charge in [0, 0.05) is 61.9 Å². The number of carbonyl (C=O) groups excluding carboxylic acids is 2. The van der Waals surface area contributed by atoms with Crippen molar-refractivity contribution in [2.24, 2.45) is 11.7 Å². The minimum atomic E-state index is -3.03. The van der Waals surface area contributed by atoms with Crippen LogP contribution in [-0.4, -0.2) is 89.1 Å². The molecule has 2 aromatic heterocycles. The Kier molecular flexibility index (Phi) is 11.1. The first-order valence-electron chi connectivity index (χ1n) is 16.7. The van der Waals surface area contributed by atoms with Crippen LogP contribution in [-0.2, 0) is 24.2 Å². The van der Waals surface area contributed by atoms with Gasteiger partial charge in [0.25, 0.3) is 0 Å². The molecule has 1 aliphatic heterocycles. The number of fused-ring (bicyclic) bond motifs is 1. The van der Waals surface area contributed by atoms with E-state index < -0.39 is 15.4 Å². The lowest BCUT2D eigenvalue weighted by molar-refractivity contribution is -0.158. The van der Waals surface area contributed by atoms with Gasteiger partial charge in [-0.15, -0.1) is 0 Å². The summed E-state index contributed by atoms with van der Waals surface area (Å²) in [7, 11) is -3.03. The number of nitrogens with one attached hydrogen (secondary N) is 1.